The standard InChI is InChI=1S/C14H23N5O2/c1-4-21-11-5-7-19(8-6-11)14-12(13(15)18-20)9(2)10(3)16-17-14/h11,20H,4-8H2,1-3H3,(H2,15,18). The lowest BCUT2D eigenvalue weighted by Crippen LogP contribution is -2.39. The zero-order chi connectivity index (χ0) is 15.4. The Bertz CT molecular complexity index is 524. The fraction of sp³-hybridized carbons (Fsp3) is 0.643. The Morgan fingerprint density at radius 2 is 2.05 bits per heavy atom. The van der Waals surface area contributed by atoms with Crippen LogP contribution in [0.1, 0.15) is 36.6 Å². The number of anilines is 1. The number of nitrogens with zero attached hydrogens (tertiary/aromatic N) is 4. The van der Waals surface area contributed by atoms with Crippen LogP contribution < -0.4 is 10.6 Å². The Morgan fingerprint density at radius 3 is 2.62 bits per heavy atom. The van der Waals surface area contributed by atoms with Gasteiger partial charge < -0.3 is 20.6 Å². The Morgan fingerprint density at radius 1 is 1.38 bits per heavy atom. The van der Waals surface area contributed by atoms with Gasteiger partial charge in [0.2, 0.25) is 0 Å². The number of oxime groups is 1. The minimum Gasteiger partial charge on any atom is -0.409 e. The first-order valence-electron chi connectivity index (χ1n) is 7.26. The molecule has 0 aliphatic carbocycles. The predicted octanol–water partition coefficient (Wildman–Crippen LogP) is 1.19. The summed E-state index contributed by atoms with van der Waals surface area (Å²) in [7, 11) is 0. The number of ether oxygens (including phenoxy) is 1. The van der Waals surface area contributed by atoms with Crippen molar-refractivity contribution in [3.8, 4) is 0 Å². The third kappa shape index (κ3) is 3.24. The van der Waals surface area contributed by atoms with E-state index in [9.17, 15) is 0 Å². The molecule has 1 aromatic heterocycles. The lowest BCUT2D eigenvalue weighted by atomic mass is 10.0. The molecule has 0 spiro atoms. The summed E-state index contributed by atoms with van der Waals surface area (Å²) in [6, 6.07) is 0. The van der Waals surface area contributed by atoms with E-state index in [0.29, 0.717) is 17.5 Å². The van der Waals surface area contributed by atoms with Crippen molar-refractivity contribution in [2.24, 2.45) is 10.9 Å². The highest BCUT2D eigenvalue weighted by molar-refractivity contribution is 6.02. The van der Waals surface area contributed by atoms with Crippen LogP contribution in [0.25, 0.3) is 0 Å². The molecule has 0 atom stereocenters. The van der Waals surface area contributed by atoms with E-state index in [1.165, 1.54) is 0 Å². The molecule has 0 saturated carbocycles. The van der Waals surface area contributed by atoms with Gasteiger partial charge in [0.25, 0.3) is 0 Å². The van der Waals surface area contributed by atoms with Crippen LogP contribution in [-0.2, 0) is 4.74 Å². The van der Waals surface area contributed by atoms with Crippen molar-refractivity contribution in [3.63, 3.8) is 0 Å². The van der Waals surface area contributed by atoms with Gasteiger partial charge in [0.15, 0.2) is 11.7 Å². The van der Waals surface area contributed by atoms with Gasteiger partial charge in [0.05, 0.1) is 17.4 Å². The number of nitrogens with two attached hydrogens (primary N) is 1. The Balaban J connectivity index is 2.27. The highest BCUT2D eigenvalue weighted by atomic mass is 16.5. The van der Waals surface area contributed by atoms with Crippen LogP contribution in [0.2, 0.25) is 0 Å². The maximum absolute atomic E-state index is 9.01. The number of aryl methyl sites for hydroxylation is 1. The highest BCUT2D eigenvalue weighted by Gasteiger charge is 2.25. The molecular weight excluding hydrogens is 270 g/mol. The van der Waals surface area contributed by atoms with E-state index in [-0.39, 0.29) is 5.84 Å². The van der Waals surface area contributed by atoms with Gasteiger partial charge in [-0.2, -0.15) is 5.10 Å². The van der Waals surface area contributed by atoms with Gasteiger partial charge in [0, 0.05) is 19.7 Å². The summed E-state index contributed by atoms with van der Waals surface area (Å²) < 4.78 is 5.66. The number of amidine groups is 1. The van der Waals surface area contributed by atoms with Gasteiger partial charge in [-0.15, -0.1) is 5.10 Å². The quantitative estimate of drug-likeness (QED) is 0.375. The predicted molar refractivity (Wildman–Crippen MR) is 80.9 cm³/mol. The van der Waals surface area contributed by atoms with E-state index in [2.05, 4.69) is 20.3 Å². The monoisotopic (exact) mass is 293 g/mol. The first-order chi connectivity index (χ1) is 10.1. The number of aromatic nitrogens is 2. The summed E-state index contributed by atoms with van der Waals surface area (Å²) in [5.41, 5.74) is 8.17. The van der Waals surface area contributed by atoms with Crippen LogP contribution in [-0.4, -0.2) is 47.0 Å². The van der Waals surface area contributed by atoms with Crippen LogP contribution in [0.3, 0.4) is 0 Å². The first-order valence-corrected chi connectivity index (χ1v) is 7.26. The van der Waals surface area contributed by atoms with Crippen LogP contribution in [0.5, 0.6) is 0 Å². The zero-order valence-electron chi connectivity index (χ0n) is 12.8. The second-order valence-electron chi connectivity index (χ2n) is 5.24. The maximum atomic E-state index is 9.01. The van der Waals surface area contributed by atoms with Crippen molar-refractivity contribution in [1.29, 1.82) is 0 Å². The second-order valence-corrected chi connectivity index (χ2v) is 5.24. The molecule has 1 aromatic rings. The number of hydrogen-bond acceptors (Lipinski definition) is 6. The third-order valence-electron chi connectivity index (χ3n) is 3.94. The fourth-order valence-electron chi connectivity index (χ4n) is 2.64. The molecule has 1 fully saturated rings. The molecule has 0 unspecified atom stereocenters. The average Bonchev–Trinajstić information content (AvgIpc) is 2.50. The normalized spacial score (nSPS) is 17.3. The minimum atomic E-state index is 0.0763. The van der Waals surface area contributed by atoms with Crippen molar-refractivity contribution < 1.29 is 9.94 Å². The maximum Gasteiger partial charge on any atom is 0.174 e. The van der Waals surface area contributed by atoms with Crippen LogP contribution in [0, 0.1) is 13.8 Å². The Hall–Kier alpha value is -1.89. The minimum absolute atomic E-state index is 0.0763. The molecule has 0 aromatic carbocycles. The molecule has 7 heteroatoms. The molecule has 1 saturated heterocycles. The van der Waals surface area contributed by atoms with Gasteiger partial charge >= 0.3 is 0 Å². The lowest BCUT2D eigenvalue weighted by molar-refractivity contribution is 0.0458. The van der Waals surface area contributed by atoms with Gasteiger partial charge in [-0.25, -0.2) is 0 Å². The van der Waals surface area contributed by atoms with Crippen LogP contribution in [0.15, 0.2) is 5.16 Å². The SMILES string of the molecule is CCOC1CCN(c2nnc(C)c(C)c2C(N)=NO)CC1. The fourth-order valence-corrected chi connectivity index (χ4v) is 2.64. The van der Waals surface area contributed by atoms with E-state index in [0.717, 1.165) is 43.8 Å². The van der Waals surface area contributed by atoms with Crippen molar-refractivity contribution in [1.82, 2.24) is 10.2 Å². The first kappa shape index (κ1) is 15.5. The largest absolute Gasteiger partial charge is 0.409 e. The summed E-state index contributed by atoms with van der Waals surface area (Å²) in [5, 5.41) is 20.6. The highest BCUT2D eigenvalue weighted by Crippen LogP contribution is 2.25. The molecule has 116 valence electrons. The van der Waals surface area contributed by atoms with Crippen LogP contribution >= 0.6 is 0 Å². The number of hydrogen-bond donors (Lipinski definition) is 2. The molecule has 1 aliphatic rings. The van der Waals surface area contributed by atoms with E-state index in [4.69, 9.17) is 15.7 Å². The summed E-state index contributed by atoms with van der Waals surface area (Å²) in [6.07, 6.45) is 2.19. The molecule has 2 rings (SSSR count). The molecule has 0 radical (unpaired) electrons. The Labute approximate surface area is 124 Å². The summed E-state index contributed by atoms with van der Waals surface area (Å²) >= 11 is 0. The molecular formula is C14H23N5O2. The molecule has 1 aliphatic heterocycles. The topological polar surface area (TPSA) is 96.9 Å². The van der Waals surface area contributed by atoms with Crippen molar-refractivity contribution in [3.05, 3.63) is 16.8 Å². The van der Waals surface area contributed by atoms with Crippen molar-refractivity contribution >= 4 is 11.7 Å². The van der Waals surface area contributed by atoms with E-state index >= 15 is 0 Å². The van der Waals surface area contributed by atoms with Gasteiger partial charge in [-0.3, -0.25) is 0 Å². The van der Waals surface area contributed by atoms with E-state index < -0.39 is 0 Å². The van der Waals surface area contributed by atoms with Crippen molar-refractivity contribution in [2.75, 3.05) is 24.6 Å². The third-order valence-corrected chi connectivity index (χ3v) is 3.94. The molecule has 7 nitrogen and oxygen atoms in total. The van der Waals surface area contributed by atoms with Gasteiger partial charge in [-0.05, 0) is 39.2 Å². The lowest BCUT2D eigenvalue weighted by Gasteiger charge is -2.33. The molecule has 0 bridgehead atoms. The van der Waals surface area contributed by atoms with Crippen LogP contribution in [0.4, 0.5) is 5.82 Å². The summed E-state index contributed by atoms with van der Waals surface area (Å²) in [4.78, 5) is 2.13. The summed E-state index contributed by atoms with van der Waals surface area (Å²) in [6.45, 7) is 8.18. The van der Waals surface area contributed by atoms with Gasteiger partial charge in [0.1, 0.15) is 0 Å². The number of rotatable bonds is 4. The number of piperidine rings is 1. The smallest absolute Gasteiger partial charge is 0.174 e. The van der Waals surface area contributed by atoms with Gasteiger partial charge in [-0.1, -0.05) is 5.16 Å². The molecule has 0 amide bonds. The van der Waals surface area contributed by atoms with E-state index in [1.54, 1.807) is 0 Å². The Kier molecular flexibility index (Phi) is 4.95. The van der Waals surface area contributed by atoms with Crippen molar-refractivity contribution in [2.45, 2.75) is 39.7 Å². The molecule has 3 N–H and O–H groups in total. The second kappa shape index (κ2) is 6.71. The zero-order valence-corrected chi connectivity index (χ0v) is 12.8. The van der Waals surface area contributed by atoms with E-state index in [1.807, 2.05) is 20.8 Å². The average molecular weight is 293 g/mol. The molecule has 21 heavy (non-hydrogen) atoms. The molecule has 2 heterocycles. The summed E-state index contributed by atoms with van der Waals surface area (Å²) in [5.74, 6) is 0.760.